The van der Waals surface area contributed by atoms with Gasteiger partial charge in [-0.2, -0.15) is 0 Å². The lowest BCUT2D eigenvalue weighted by Gasteiger charge is -2.50. The largest absolute Gasteiger partial charge is 0.381 e. The Morgan fingerprint density at radius 2 is 1.84 bits per heavy atom. The molecule has 4 heteroatoms. The zero-order valence-electron chi connectivity index (χ0n) is 12.0. The van der Waals surface area contributed by atoms with E-state index in [-0.39, 0.29) is 5.60 Å². The summed E-state index contributed by atoms with van der Waals surface area (Å²) in [5, 5.41) is 0. The van der Waals surface area contributed by atoms with E-state index >= 15 is 0 Å². The SMILES string of the molecule is NCCN(C1CCC1)C1CCOC2(CCOCC2)C1. The minimum atomic E-state index is 0.109. The Morgan fingerprint density at radius 3 is 2.47 bits per heavy atom. The molecule has 0 bridgehead atoms. The molecule has 0 amide bonds. The van der Waals surface area contributed by atoms with Crippen LogP contribution in [-0.4, -0.2) is 55.5 Å². The van der Waals surface area contributed by atoms with E-state index in [0.717, 1.165) is 51.8 Å². The maximum Gasteiger partial charge on any atom is 0.0741 e. The third kappa shape index (κ3) is 2.97. The van der Waals surface area contributed by atoms with Crippen LogP contribution in [0.1, 0.15) is 44.9 Å². The highest BCUT2D eigenvalue weighted by Gasteiger charge is 2.42. The van der Waals surface area contributed by atoms with Gasteiger partial charge in [-0.3, -0.25) is 4.90 Å². The Hall–Kier alpha value is -0.160. The predicted octanol–water partition coefficient (Wildman–Crippen LogP) is 1.53. The lowest BCUT2D eigenvalue weighted by atomic mass is 9.81. The van der Waals surface area contributed by atoms with E-state index in [9.17, 15) is 0 Å². The van der Waals surface area contributed by atoms with Gasteiger partial charge < -0.3 is 15.2 Å². The lowest BCUT2D eigenvalue weighted by Crippen LogP contribution is -2.55. The summed E-state index contributed by atoms with van der Waals surface area (Å²) in [6.07, 6.45) is 8.65. The van der Waals surface area contributed by atoms with Crippen LogP contribution in [-0.2, 0) is 9.47 Å². The summed E-state index contributed by atoms with van der Waals surface area (Å²) in [6, 6.07) is 1.48. The summed E-state index contributed by atoms with van der Waals surface area (Å²) in [5.74, 6) is 0. The molecule has 3 aliphatic rings. The van der Waals surface area contributed by atoms with Gasteiger partial charge in [0, 0.05) is 45.0 Å². The minimum Gasteiger partial charge on any atom is -0.381 e. The second-order valence-corrected chi connectivity index (χ2v) is 6.40. The van der Waals surface area contributed by atoms with E-state index in [0.29, 0.717) is 6.04 Å². The van der Waals surface area contributed by atoms with Crippen LogP contribution in [0.3, 0.4) is 0 Å². The van der Waals surface area contributed by atoms with Gasteiger partial charge in [0.25, 0.3) is 0 Å². The van der Waals surface area contributed by atoms with E-state index in [2.05, 4.69) is 4.90 Å². The van der Waals surface area contributed by atoms with Gasteiger partial charge in [-0.05, 0) is 38.5 Å². The third-order valence-corrected chi connectivity index (χ3v) is 5.27. The number of hydrogen-bond donors (Lipinski definition) is 1. The second-order valence-electron chi connectivity index (χ2n) is 6.40. The standard InChI is InChI=1S/C15H28N2O2/c16-7-8-17(13-2-1-3-13)14-4-9-19-15(12-14)5-10-18-11-6-15/h13-14H,1-12,16H2. The molecule has 19 heavy (non-hydrogen) atoms. The summed E-state index contributed by atoms with van der Waals surface area (Å²) in [5.41, 5.74) is 5.94. The van der Waals surface area contributed by atoms with Crippen molar-refractivity contribution >= 4 is 0 Å². The summed E-state index contributed by atoms with van der Waals surface area (Å²) >= 11 is 0. The summed E-state index contributed by atoms with van der Waals surface area (Å²) in [4.78, 5) is 2.70. The van der Waals surface area contributed by atoms with Crippen molar-refractivity contribution in [2.24, 2.45) is 5.73 Å². The molecule has 1 unspecified atom stereocenters. The van der Waals surface area contributed by atoms with Gasteiger partial charge >= 0.3 is 0 Å². The van der Waals surface area contributed by atoms with Crippen LogP contribution in [0.25, 0.3) is 0 Å². The predicted molar refractivity (Wildman–Crippen MR) is 75.2 cm³/mol. The molecule has 2 saturated heterocycles. The fourth-order valence-corrected chi connectivity index (χ4v) is 3.91. The van der Waals surface area contributed by atoms with Gasteiger partial charge in [-0.25, -0.2) is 0 Å². The number of rotatable bonds is 4. The maximum atomic E-state index is 6.16. The van der Waals surface area contributed by atoms with Crippen molar-refractivity contribution in [3.63, 3.8) is 0 Å². The normalized spacial score (nSPS) is 31.6. The van der Waals surface area contributed by atoms with Gasteiger partial charge in [0.2, 0.25) is 0 Å². The molecule has 3 fully saturated rings. The molecule has 1 saturated carbocycles. The molecule has 4 nitrogen and oxygen atoms in total. The van der Waals surface area contributed by atoms with Gasteiger partial charge in [0.15, 0.2) is 0 Å². The number of nitrogens with zero attached hydrogens (tertiary/aromatic N) is 1. The molecule has 2 aliphatic heterocycles. The van der Waals surface area contributed by atoms with Crippen molar-refractivity contribution < 1.29 is 9.47 Å². The molecular weight excluding hydrogens is 240 g/mol. The van der Waals surface area contributed by atoms with Crippen molar-refractivity contribution in [3.8, 4) is 0 Å². The maximum absolute atomic E-state index is 6.16. The Labute approximate surface area is 116 Å². The zero-order chi connectivity index (χ0) is 13.1. The first-order valence-electron chi connectivity index (χ1n) is 8.00. The second kappa shape index (κ2) is 6.08. The molecule has 1 aliphatic carbocycles. The van der Waals surface area contributed by atoms with Crippen LogP contribution in [0.5, 0.6) is 0 Å². The molecule has 0 radical (unpaired) electrons. The van der Waals surface area contributed by atoms with Crippen LogP contribution in [0.4, 0.5) is 0 Å². The smallest absolute Gasteiger partial charge is 0.0741 e. The molecule has 0 aromatic carbocycles. The molecule has 110 valence electrons. The van der Waals surface area contributed by atoms with Gasteiger partial charge in [-0.15, -0.1) is 0 Å². The fourth-order valence-electron chi connectivity index (χ4n) is 3.91. The summed E-state index contributed by atoms with van der Waals surface area (Å²) < 4.78 is 11.7. The van der Waals surface area contributed by atoms with Crippen molar-refractivity contribution in [1.29, 1.82) is 0 Å². The van der Waals surface area contributed by atoms with Gasteiger partial charge in [-0.1, -0.05) is 6.42 Å². The first kappa shape index (κ1) is 13.8. The highest BCUT2D eigenvalue weighted by atomic mass is 16.5. The Morgan fingerprint density at radius 1 is 1.05 bits per heavy atom. The number of ether oxygens (including phenoxy) is 2. The molecule has 0 aromatic heterocycles. The van der Waals surface area contributed by atoms with Crippen LogP contribution in [0.2, 0.25) is 0 Å². The van der Waals surface area contributed by atoms with Crippen LogP contribution < -0.4 is 5.73 Å². The number of nitrogens with two attached hydrogens (primary N) is 1. The van der Waals surface area contributed by atoms with Crippen molar-refractivity contribution in [1.82, 2.24) is 4.90 Å². The first-order valence-corrected chi connectivity index (χ1v) is 8.00. The van der Waals surface area contributed by atoms with Crippen LogP contribution in [0, 0.1) is 0 Å². The Balaban J connectivity index is 1.64. The van der Waals surface area contributed by atoms with E-state index in [4.69, 9.17) is 15.2 Å². The Kier molecular flexibility index (Phi) is 4.42. The van der Waals surface area contributed by atoms with Gasteiger partial charge in [0.1, 0.15) is 0 Å². The monoisotopic (exact) mass is 268 g/mol. The number of hydrogen-bond acceptors (Lipinski definition) is 4. The highest BCUT2D eigenvalue weighted by Crippen LogP contribution is 2.38. The quantitative estimate of drug-likeness (QED) is 0.840. The third-order valence-electron chi connectivity index (χ3n) is 5.27. The van der Waals surface area contributed by atoms with E-state index < -0.39 is 0 Å². The van der Waals surface area contributed by atoms with Crippen LogP contribution >= 0.6 is 0 Å². The average Bonchev–Trinajstić information content (AvgIpc) is 2.37. The zero-order valence-corrected chi connectivity index (χ0v) is 12.0. The molecule has 1 atom stereocenters. The van der Waals surface area contributed by atoms with Crippen LogP contribution in [0.15, 0.2) is 0 Å². The topological polar surface area (TPSA) is 47.7 Å². The molecule has 0 aromatic rings. The summed E-state index contributed by atoms with van der Waals surface area (Å²) in [7, 11) is 0. The molecule has 3 rings (SSSR count). The highest BCUT2D eigenvalue weighted by molar-refractivity contribution is 4.95. The van der Waals surface area contributed by atoms with Crippen molar-refractivity contribution in [2.75, 3.05) is 32.9 Å². The van der Waals surface area contributed by atoms with Crippen molar-refractivity contribution in [2.45, 2.75) is 62.6 Å². The first-order chi connectivity index (χ1) is 9.33. The lowest BCUT2D eigenvalue weighted by molar-refractivity contribution is -0.156. The summed E-state index contributed by atoms with van der Waals surface area (Å²) in [6.45, 7) is 4.49. The molecule has 2 heterocycles. The Bertz CT molecular complexity index is 282. The van der Waals surface area contributed by atoms with Crippen molar-refractivity contribution in [3.05, 3.63) is 0 Å². The van der Waals surface area contributed by atoms with Gasteiger partial charge in [0.05, 0.1) is 5.60 Å². The van der Waals surface area contributed by atoms with E-state index in [1.54, 1.807) is 0 Å². The van der Waals surface area contributed by atoms with E-state index in [1.807, 2.05) is 0 Å². The van der Waals surface area contributed by atoms with E-state index in [1.165, 1.54) is 32.1 Å². The fraction of sp³-hybridized carbons (Fsp3) is 1.00. The molecule has 1 spiro atoms. The minimum absolute atomic E-state index is 0.109. The molecule has 2 N–H and O–H groups in total. The molecular formula is C15H28N2O2. The average molecular weight is 268 g/mol.